The first-order valence-electron chi connectivity index (χ1n) is 6.06. The highest BCUT2D eigenvalue weighted by molar-refractivity contribution is 4.97. The summed E-state index contributed by atoms with van der Waals surface area (Å²) < 4.78 is 125. The van der Waals surface area contributed by atoms with Gasteiger partial charge < -0.3 is 0 Å². The van der Waals surface area contributed by atoms with Crippen molar-refractivity contribution >= 4 is 0 Å². The number of allylic oxidation sites excluding steroid dienone is 1. The lowest BCUT2D eigenvalue weighted by Crippen LogP contribution is -2.54. The zero-order valence-corrected chi connectivity index (χ0v) is 11.3. The predicted octanol–water partition coefficient (Wildman–Crippen LogP) is 5.99. The van der Waals surface area contributed by atoms with E-state index in [1.165, 1.54) is 0 Å². The fraction of sp³-hybridized carbons (Fsp3) is 0.833. The molecule has 0 radical (unpaired) electrons. The van der Waals surface area contributed by atoms with Gasteiger partial charge in [-0.1, -0.05) is 13.0 Å². The molecule has 10 heteroatoms. The van der Waals surface area contributed by atoms with Gasteiger partial charge in [0.15, 0.2) is 0 Å². The van der Waals surface area contributed by atoms with Crippen molar-refractivity contribution in [2.45, 2.75) is 50.4 Å². The molecule has 0 heterocycles. The van der Waals surface area contributed by atoms with Crippen molar-refractivity contribution in [2.24, 2.45) is 11.8 Å². The Morgan fingerprint density at radius 1 is 0.864 bits per heavy atom. The van der Waals surface area contributed by atoms with Crippen LogP contribution in [0.3, 0.4) is 0 Å². The molecular weight excluding hydrogens is 334 g/mol. The zero-order chi connectivity index (χ0) is 18.0. The smallest absolute Gasteiger partial charge is 0.224 e. The first kappa shape index (κ1) is 21.0. The van der Waals surface area contributed by atoms with Gasteiger partial charge >= 0.3 is 18.5 Å². The monoisotopic (exact) mass is 348 g/mol. The minimum atomic E-state index is -6.27. The fourth-order valence-corrected chi connectivity index (χ4v) is 1.92. The van der Waals surface area contributed by atoms with E-state index in [0.29, 0.717) is 6.92 Å². The average Bonchev–Trinajstić information content (AvgIpc) is 2.24. The highest BCUT2D eigenvalue weighted by Crippen LogP contribution is 2.51. The van der Waals surface area contributed by atoms with Crippen LogP contribution in [0.15, 0.2) is 12.7 Å². The van der Waals surface area contributed by atoms with E-state index >= 15 is 0 Å². The third-order valence-corrected chi connectivity index (χ3v) is 3.21. The summed E-state index contributed by atoms with van der Waals surface area (Å²) in [7, 11) is 0. The summed E-state index contributed by atoms with van der Waals surface area (Å²) in [5, 5.41) is 0. The molecule has 0 spiro atoms. The molecule has 0 aromatic rings. The van der Waals surface area contributed by atoms with Crippen molar-refractivity contribution in [3.8, 4) is 0 Å². The molecule has 0 aliphatic carbocycles. The van der Waals surface area contributed by atoms with E-state index < -0.39 is 55.3 Å². The van der Waals surface area contributed by atoms with E-state index in [-0.39, 0.29) is 0 Å². The number of alkyl halides is 10. The number of rotatable bonds is 6. The predicted molar refractivity (Wildman–Crippen MR) is 58.7 cm³/mol. The summed E-state index contributed by atoms with van der Waals surface area (Å²) in [6, 6.07) is 0. The van der Waals surface area contributed by atoms with Gasteiger partial charge in [0.05, 0.1) is 5.92 Å². The highest BCUT2D eigenvalue weighted by Gasteiger charge is 2.72. The van der Waals surface area contributed by atoms with E-state index in [0.717, 1.165) is 6.08 Å². The largest absolute Gasteiger partial charge is 0.431 e. The fourth-order valence-electron chi connectivity index (χ4n) is 1.92. The van der Waals surface area contributed by atoms with Gasteiger partial charge in [0.2, 0.25) is 0 Å². The zero-order valence-electron chi connectivity index (χ0n) is 11.3. The number of halogens is 10. The normalized spacial score (nSPS) is 17.2. The lowest BCUT2D eigenvalue weighted by atomic mass is 9.83. The first-order chi connectivity index (χ1) is 9.56. The molecule has 0 fully saturated rings. The molecule has 2 unspecified atom stereocenters. The molecule has 0 N–H and O–H groups in total. The van der Waals surface area contributed by atoms with Crippen molar-refractivity contribution in [2.75, 3.05) is 0 Å². The molecule has 0 aliphatic heterocycles. The molecule has 0 rings (SSSR count). The Morgan fingerprint density at radius 2 is 1.27 bits per heavy atom. The van der Waals surface area contributed by atoms with E-state index in [1.807, 2.05) is 0 Å². The Balaban J connectivity index is 5.40. The molecule has 0 saturated carbocycles. The topological polar surface area (TPSA) is 0 Å². The Labute approximate surface area is 120 Å². The molecule has 22 heavy (non-hydrogen) atoms. The molecule has 0 aromatic heterocycles. The maximum Gasteiger partial charge on any atom is 0.431 e. The van der Waals surface area contributed by atoms with Gasteiger partial charge in [-0.05, 0) is 18.8 Å². The van der Waals surface area contributed by atoms with Gasteiger partial charge in [-0.2, -0.15) is 39.5 Å². The lowest BCUT2D eigenvalue weighted by molar-refractivity contribution is -0.346. The molecule has 0 amide bonds. The van der Waals surface area contributed by atoms with Crippen molar-refractivity contribution in [1.29, 1.82) is 0 Å². The van der Waals surface area contributed by atoms with Crippen LogP contribution in [0.2, 0.25) is 0 Å². The van der Waals surface area contributed by atoms with Crippen molar-refractivity contribution in [3.05, 3.63) is 12.7 Å². The molecule has 0 bridgehead atoms. The van der Waals surface area contributed by atoms with Crippen molar-refractivity contribution in [1.82, 2.24) is 0 Å². The second-order valence-electron chi connectivity index (χ2n) is 5.07. The number of hydrogen-bond acceptors (Lipinski definition) is 0. The summed E-state index contributed by atoms with van der Waals surface area (Å²) in [4.78, 5) is 0. The quantitative estimate of drug-likeness (QED) is 0.409. The van der Waals surface area contributed by atoms with Crippen LogP contribution in [0.5, 0.6) is 0 Å². The maximum absolute atomic E-state index is 13.6. The van der Waals surface area contributed by atoms with Gasteiger partial charge in [-0.25, -0.2) is 4.39 Å². The summed E-state index contributed by atoms with van der Waals surface area (Å²) in [6.45, 7) is 3.67. The van der Waals surface area contributed by atoms with E-state index in [2.05, 4.69) is 6.58 Å². The van der Waals surface area contributed by atoms with Gasteiger partial charge in [-0.15, -0.1) is 6.58 Å². The van der Waals surface area contributed by atoms with Crippen LogP contribution in [0.1, 0.15) is 26.2 Å². The molecule has 0 aromatic carbocycles. The second-order valence-corrected chi connectivity index (χ2v) is 5.07. The minimum Gasteiger partial charge on any atom is -0.224 e. The van der Waals surface area contributed by atoms with Crippen LogP contribution < -0.4 is 0 Å². The summed E-state index contributed by atoms with van der Waals surface area (Å²) in [6.07, 6.45) is -20.3. The van der Waals surface area contributed by atoms with Gasteiger partial charge in [-0.3, -0.25) is 0 Å². The van der Waals surface area contributed by atoms with Gasteiger partial charge in [0, 0.05) is 6.42 Å². The summed E-state index contributed by atoms with van der Waals surface area (Å²) >= 11 is 0. The molecular formula is C12H14F10. The van der Waals surface area contributed by atoms with Crippen LogP contribution in [0, 0.1) is 11.8 Å². The molecule has 132 valence electrons. The van der Waals surface area contributed by atoms with E-state index in [1.54, 1.807) is 0 Å². The number of hydrogen-bond donors (Lipinski definition) is 0. The maximum atomic E-state index is 13.6. The van der Waals surface area contributed by atoms with Crippen LogP contribution >= 0.6 is 0 Å². The van der Waals surface area contributed by atoms with Crippen LogP contribution in [-0.2, 0) is 0 Å². The molecule has 0 nitrogen and oxygen atoms in total. The van der Waals surface area contributed by atoms with Gasteiger partial charge in [0.1, 0.15) is 0 Å². The summed E-state index contributed by atoms with van der Waals surface area (Å²) in [5.41, 5.74) is -5.56. The van der Waals surface area contributed by atoms with E-state index in [4.69, 9.17) is 0 Å². The first-order valence-corrected chi connectivity index (χ1v) is 6.06. The highest BCUT2D eigenvalue weighted by atomic mass is 19.4. The third-order valence-electron chi connectivity index (χ3n) is 3.21. The SMILES string of the molecule is C=CCC(CC(C)C(F)(F)F)CC(F)(C(F)(F)F)C(F)(F)F. The molecule has 2 atom stereocenters. The lowest BCUT2D eigenvalue weighted by Gasteiger charge is -2.33. The van der Waals surface area contributed by atoms with Crippen LogP contribution in [0.25, 0.3) is 0 Å². The van der Waals surface area contributed by atoms with E-state index in [9.17, 15) is 43.9 Å². The molecule has 0 saturated heterocycles. The van der Waals surface area contributed by atoms with Crippen molar-refractivity contribution < 1.29 is 43.9 Å². The standard InChI is InChI=1S/C12H14F10/c1-3-4-8(5-7(2)10(14,15)16)6-9(13,11(17,18)19)12(20,21)22/h3,7-8H,1,4-6H2,2H3. The second kappa shape index (κ2) is 6.66. The molecule has 0 aliphatic rings. The Kier molecular flexibility index (Phi) is 6.36. The van der Waals surface area contributed by atoms with Gasteiger partial charge in [0.25, 0.3) is 5.67 Å². The Hall–Kier alpha value is -0.960. The Morgan fingerprint density at radius 3 is 1.55 bits per heavy atom. The van der Waals surface area contributed by atoms with Crippen LogP contribution in [-0.4, -0.2) is 24.2 Å². The Bertz CT molecular complexity index is 348. The van der Waals surface area contributed by atoms with Crippen LogP contribution in [0.4, 0.5) is 43.9 Å². The minimum absolute atomic E-state index is 0.599. The summed E-state index contributed by atoms with van der Waals surface area (Å²) in [5.74, 6) is -3.97. The average molecular weight is 348 g/mol. The third kappa shape index (κ3) is 5.05. The van der Waals surface area contributed by atoms with Crippen molar-refractivity contribution in [3.63, 3.8) is 0 Å².